The Labute approximate surface area is 483 Å². The summed E-state index contributed by atoms with van der Waals surface area (Å²) in [5, 5.41) is 6.79. The van der Waals surface area contributed by atoms with Crippen LogP contribution in [-0.4, -0.2) is 11.6 Å². The molecule has 0 bridgehead atoms. The molecule has 0 N–H and O–H groups in total. The third-order valence-corrected chi connectivity index (χ3v) is 20.0. The summed E-state index contributed by atoms with van der Waals surface area (Å²) in [4.78, 5) is 0. The van der Waals surface area contributed by atoms with Gasteiger partial charge in [-0.1, -0.05) is 224 Å². The van der Waals surface area contributed by atoms with Crippen LogP contribution >= 0.6 is 16.5 Å². The van der Waals surface area contributed by atoms with Gasteiger partial charge in [-0.2, -0.15) is 6.42 Å². The van der Waals surface area contributed by atoms with Gasteiger partial charge in [-0.25, -0.2) is 8.78 Å². The first kappa shape index (κ1) is 57.9. The van der Waals surface area contributed by atoms with Crippen molar-refractivity contribution < 1.29 is 46.6 Å². The van der Waals surface area contributed by atoms with Crippen molar-refractivity contribution >= 4 is 43.0 Å². The zero-order chi connectivity index (χ0) is 52.8. The molecule has 0 radical (unpaired) electrons. The minimum absolute atomic E-state index is 0. The monoisotopic (exact) mass is 1080 g/mol. The number of unbranched alkanes of at least 4 members (excludes halogenated alkanes) is 1. The van der Waals surface area contributed by atoms with Gasteiger partial charge in [0.15, 0.2) is 23.1 Å². The molecule has 0 unspecified atom stereocenters. The van der Waals surface area contributed by atoms with Crippen molar-refractivity contribution in [2.24, 2.45) is 23.7 Å². The van der Waals surface area contributed by atoms with Gasteiger partial charge in [0.1, 0.15) is 11.5 Å². The molecule has 2 fully saturated rings. The zero-order valence-electron chi connectivity index (χ0n) is 45.3. The molecule has 79 heavy (non-hydrogen) atoms. The zero-order valence-corrected chi connectivity index (χ0v) is 47.2. The minimum atomic E-state index is -0.942. The molecule has 9 heteroatoms. The Bertz CT molecular complexity index is 3110. The third-order valence-electron chi connectivity index (χ3n) is 16.3. The average Bonchev–Trinajstić information content (AvgIpc) is 3.49. The quantitative estimate of drug-likeness (QED) is 0.0945. The Balaban J connectivity index is 0.000000151. The van der Waals surface area contributed by atoms with Crippen molar-refractivity contribution in [1.29, 1.82) is 0 Å². The van der Waals surface area contributed by atoms with Crippen molar-refractivity contribution in [3.63, 3.8) is 0 Å². The predicted molar refractivity (Wildman–Crippen MR) is 321 cm³/mol. The van der Waals surface area contributed by atoms with E-state index in [9.17, 15) is 8.78 Å². The van der Waals surface area contributed by atoms with Gasteiger partial charge in [0.25, 0.3) is 11.6 Å². The Kier molecular flexibility index (Phi) is 19.3. The first-order valence-corrected chi connectivity index (χ1v) is 30.2. The molecule has 4 aliphatic heterocycles. The van der Waals surface area contributed by atoms with Crippen LogP contribution in [0.2, 0.25) is 0 Å². The Hall–Kier alpha value is -5.72. The van der Waals surface area contributed by atoms with E-state index in [2.05, 4.69) is 178 Å². The van der Waals surface area contributed by atoms with Crippen LogP contribution in [-0.2, 0) is 25.7 Å². The van der Waals surface area contributed by atoms with Crippen molar-refractivity contribution in [3.8, 4) is 23.0 Å². The van der Waals surface area contributed by atoms with Crippen LogP contribution in [0.1, 0.15) is 93.5 Å². The van der Waals surface area contributed by atoms with Crippen molar-refractivity contribution in [3.05, 3.63) is 240 Å². The molecule has 8 aromatic carbocycles. The van der Waals surface area contributed by atoms with Crippen LogP contribution in [0.25, 0.3) is 0 Å². The Morgan fingerprint density at radius 1 is 0.468 bits per heavy atom. The van der Waals surface area contributed by atoms with Crippen LogP contribution < -0.4 is 64.3 Å². The molecular formula is C70H73F2LiO4P2. The number of para-hydroxylation sites is 4. The van der Waals surface area contributed by atoms with E-state index in [4.69, 9.17) is 18.9 Å². The molecular weight excluding hydrogens is 1010 g/mol. The fourth-order valence-corrected chi connectivity index (χ4v) is 16.0. The smallest absolute Gasteiger partial charge is 0.451 e. The van der Waals surface area contributed by atoms with E-state index in [1.807, 2.05) is 12.1 Å². The van der Waals surface area contributed by atoms with E-state index in [0.717, 1.165) is 82.6 Å². The summed E-state index contributed by atoms with van der Waals surface area (Å²) >= 11 is 0. The van der Waals surface area contributed by atoms with Crippen molar-refractivity contribution in [1.82, 2.24) is 0 Å². The molecule has 6 aliphatic rings. The fraction of sp³-hybridized carbons (Fsp3) is 0.300. The Morgan fingerprint density at radius 2 is 0.810 bits per heavy atom. The van der Waals surface area contributed by atoms with Crippen LogP contribution in [0.3, 0.4) is 0 Å². The number of aryl methyl sites for hydroxylation is 1. The summed E-state index contributed by atoms with van der Waals surface area (Å²) in [6.45, 7) is 7.89. The fourth-order valence-electron chi connectivity index (χ4n) is 12.6. The molecule has 5 atom stereocenters. The van der Waals surface area contributed by atoms with Gasteiger partial charge in [-0.15, -0.1) is 0 Å². The molecule has 2 spiro atoms. The predicted octanol–water partition coefficient (Wildman–Crippen LogP) is 12.7. The molecule has 402 valence electrons. The van der Waals surface area contributed by atoms with Gasteiger partial charge in [0.2, 0.25) is 0 Å². The second-order valence-corrected chi connectivity index (χ2v) is 24.9. The van der Waals surface area contributed by atoms with Gasteiger partial charge in [-0.05, 0) is 127 Å². The van der Waals surface area contributed by atoms with E-state index < -0.39 is 19.5 Å². The third kappa shape index (κ3) is 12.2. The maximum Gasteiger partial charge on any atom is 1.00 e. The normalized spacial score (nSPS) is 22.1. The molecule has 0 aromatic heterocycles. The summed E-state index contributed by atoms with van der Waals surface area (Å²) in [7, 11) is 0.0242. The number of halogens is 2. The summed E-state index contributed by atoms with van der Waals surface area (Å²) in [6.07, 6.45) is 12.3. The molecule has 4 nitrogen and oxygen atoms in total. The van der Waals surface area contributed by atoms with Crippen molar-refractivity contribution in [2.75, 3.05) is 0 Å². The number of hydrogen-bond acceptors (Lipinski definition) is 4. The average molecular weight is 1090 g/mol. The Morgan fingerprint density at radius 3 is 1.23 bits per heavy atom. The first-order chi connectivity index (χ1) is 37.8. The van der Waals surface area contributed by atoms with E-state index in [1.54, 1.807) is 12.1 Å². The summed E-state index contributed by atoms with van der Waals surface area (Å²) in [6, 6.07) is 66.5. The van der Waals surface area contributed by atoms with E-state index in [1.165, 1.54) is 68.2 Å². The van der Waals surface area contributed by atoms with Crippen LogP contribution in [0, 0.1) is 49.2 Å². The molecule has 4 heterocycles. The van der Waals surface area contributed by atoms with Crippen LogP contribution in [0.4, 0.5) is 8.78 Å². The van der Waals surface area contributed by atoms with Gasteiger partial charge in [-0.3, -0.25) is 0 Å². The topological polar surface area (TPSA) is 36.9 Å². The van der Waals surface area contributed by atoms with E-state index >= 15 is 0 Å². The summed E-state index contributed by atoms with van der Waals surface area (Å²) in [5.41, 5.74) is 5.65. The van der Waals surface area contributed by atoms with Gasteiger partial charge >= 0.3 is 18.9 Å². The number of benzene rings is 8. The number of hydrogen-bond donors (Lipinski definition) is 0. The second-order valence-electron chi connectivity index (χ2n) is 21.3. The molecule has 2 aliphatic carbocycles. The number of fused-ring (bicyclic) bond motifs is 4. The standard InChI is InChI=1S/C33H31O2P.C20H18F2O2.C12H11P.C4H9.CH4.Li/c1-23-11-8-12-24-21-26-14-10-15-27-22-25-13-9-20-30(32(25)35-33(26,27)34-31(23)24)36(28-16-4-2-5-17-28)29-18-6-3-7-19-29;21-16-8-1-4-12-10-14-6-3-7-15-11-13-5-2-9-17(22)19(13)24-20(14,15)23-18(12)16;1-3-7-11(8-4-1)13-12-9-5-2-6-10-12;1-3-4-2;;/h2-9,11-13,16-20,26-27H,10,14-15,21-22H2,1H3;1-2,4-5,8-9,14-15H,3,6-7,10-11H2;1-10,13H;1,3-4H2,2H3;1H4;/q;;;-1;;+1/t26-,27-,33-;14-,15-,20?;;;;/m11..../s1. The molecule has 8 aromatic rings. The molecule has 0 saturated heterocycles. The summed E-state index contributed by atoms with van der Waals surface area (Å²) in [5.74, 6) is 1.43. The number of ether oxygens (including phenoxy) is 4. The van der Waals surface area contributed by atoms with E-state index in [0.29, 0.717) is 24.7 Å². The van der Waals surface area contributed by atoms with Crippen LogP contribution in [0.5, 0.6) is 23.0 Å². The summed E-state index contributed by atoms with van der Waals surface area (Å²) < 4.78 is 55.4. The molecule has 2 saturated carbocycles. The molecule has 0 amide bonds. The first-order valence-electron chi connectivity index (χ1n) is 27.8. The SMILES string of the molecule is C.Cc1cccc2c1O[C@]13Oc4c(cccc4P(c4ccccc4)c4ccccc4)C[C@H]1CCC[C@@H]3C2.Fc1cccc2c1OC13Oc4c(F)cccc4C[C@H]1CCC[C@@H]3C2.[CH2-]CCC.[Li+].c1ccc(Pc2ccccc2)cc1. The van der Waals surface area contributed by atoms with Crippen molar-refractivity contribution in [2.45, 2.75) is 110 Å². The van der Waals surface area contributed by atoms with Gasteiger partial charge < -0.3 is 25.9 Å². The van der Waals surface area contributed by atoms with Gasteiger partial charge in [0.05, 0.1) is 0 Å². The maximum absolute atomic E-state index is 14.3. The minimum Gasteiger partial charge on any atom is -0.451 e. The van der Waals surface area contributed by atoms with E-state index in [-0.39, 0.29) is 61.3 Å². The largest absolute Gasteiger partial charge is 1.00 e. The van der Waals surface area contributed by atoms with Crippen LogP contribution in [0.15, 0.2) is 194 Å². The maximum atomic E-state index is 14.3. The second kappa shape index (κ2) is 26.2. The number of rotatable bonds is 6. The van der Waals surface area contributed by atoms with Gasteiger partial charge in [0, 0.05) is 29.0 Å². The molecule has 14 rings (SSSR count).